The van der Waals surface area contributed by atoms with Crippen molar-refractivity contribution in [3.8, 4) is 0 Å². The van der Waals surface area contributed by atoms with Crippen molar-refractivity contribution in [3.63, 3.8) is 0 Å². The molecule has 0 aromatic carbocycles. The van der Waals surface area contributed by atoms with E-state index in [0.717, 1.165) is 44.9 Å². The number of ether oxygens (including phenoxy) is 2. The number of carbonyl (C=O) groups is 1. The van der Waals surface area contributed by atoms with Crippen LogP contribution in [0.25, 0.3) is 0 Å². The molecule has 1 atom stereocenters. The molecular formula is C14H26N2O3. The van der Waals surface area contributed by atoms with Crippen LogP contribution in [0.15, 0.2) is 0 Å². The van der Waals surface area contributed by atoms with Gasteiger partial charge in [0.1, 0.15) is 6.10 Å². The molecule has 5 heteroatoms. The molecule has 2 aliphatic rings. The molecule has 1 heterocycles. The largest absolute Gasteiger partial charge is 0.378 e. The summed E-state index contributed by atoms with van der Waals surface area (Å²) < 4.78 is 11.1. The van der Waals surface area contributed by atoms with Crippen LogP contribution in [0.3, 0.4) is 0 Å². The minimum atomic E-state index is -0.222. The van der Waals surface area contributed by atoms with E-state index in [4.69, 9.17) is 15.2 Å². The standard InChI is InChI=1S/C14H26N2O3/c15-11-4-6-12(7-5-11)18-10-2-8-16-14(17)13-3-1-9-19-13/h11-13H,1-10,15H2,(H,16,17). The second-order valence-electron chi connectivity index (χ2n) is 5.55. The Hall–Kier alpha value is -0.650. The minimum absolute atomic E-state index is 0.0288. The van der Waals surface area contributed by atoms with Crippen LogP contribution in [-0.2, 0) is 14.3 Å². The van der Waals surface area contributed by atoms with E-state index in [1.165, 1.54) is 0 Å². The van der Waals surface area contributed by atoms with Gasteiger partial charge in [0.2, 0.25) is 5.91 Å². The third kappa shape index (κ3) is 5.09. The Bertz CT molecular complexity index is 272. The average Bonchev–Trinajstić information content (AvgIpc) is 2.94. The van der Waals surface area contributed by atoms with Gasteiger partial charge in [-0.2, -0.15) is 0 Å². The predicted octanol–water partition coefficient (Wildman–Crippen LogP) is 0.958. The Balaban J connectivity index is 1.46. The molecule has 0 aromatic heterocycles. The van der Waals surface area contributed by atoms with Crippen molar-refractivity contribution < 1.29 is 14.3 Å². The zero-order valence-electron chi connectivity index (χ0n) is 11.6. The molecule has 1 aliphatic heterocycles. The molecule has 5 nitrogen and oxygen atoms in total. The number of hydrogen-bond donors (Lipinski definition) is 2. The van der Waals surface area contributed by atoms with Crippen molar-refractivity contribution >= 4 is 5.91 Å². The van der Waals surface area contributed by atoms with Crippen molar-refractivity contribution in [2.75, 3.05) is 19.8 Å². The first kappa shape index (κ1) is 14.8. The lowest BCUT2D eigenvalue weighted by Crippen LogP contribution is -2.35. The molecule has 0 radical (unpaired) electrons. The smallest absolute Gasteiger partial charge is 0.249 e. The van der Waals surface area contributed by atoms with Gasteiger partial charge in [-0.1, -0.05) is 0 Å². The second-order valence-corrected chi connectivity index (χ2v) is 5.55. The van der Waals surface area contributed by atoms with Crippen LogP contribution in [0.1, 0.15) is 44.9 Å². The molecule has 0 bridgehead atoms. The maximum absolute atomic E-state index is 11.7. The first-order chi connectivity index (χ1) is 9.25. The molecular weight excluding hydrogens is 244 g/mol. The SMILES string of the molecule is NC1CCC(OCCCNC(=O)C2CCCO2)CC1. The van der Waals surface area contributed by atoms with E-state index in [9.17, 15) is 4.79 Å². The van der Waals surface area contributed by atoms with Gasteiger partial charge in [-0.15, -0.1) is 0 Å². The van der Waals surface area contributed by atoms with E-state index < -0.39 is 0 Å². The molecule has 19 heavy (non-hydrogen) atoms. The highest BCUT2D eigenvalue weighted by Crippen LogP contribution is 2.19. The Kier molecular flexibility index (Phi) is 6.07. The van der Waals surface area contributed by atoms with E-state index in [1.807, 2.05) is 0 Å². The molecule has 0 aromatic rings. The molecule has 110 valence electrons. The van der Waals surface area contributed by atoms with Gasteiger partial charge < -0.3 is 20.5 Å². The number of carbonyl (C=O) groups excluding carboxylic acids is 1. The van der Waals surface area contributed by atoms with Gasteiger partial charge in [-0.05, 0) is 44.9 Å². The lowest BCUT2D eigenvalue weighted by Gasteiger charge is -2.26. The number of rotatable bonds is 6. The van der Waals surface area contributed by atoms with Crippen molar-refractivity contribution in [1.82, 2.24) is 5.32 Å². The van der Waals surface area contributed by atoms with Crippen LogP contribution in [0.4, 0.5) is 0 Å². The molecule has 1 aliphatic carbocycles. The third-order valence-electron chi connectivity index (χ3n) is 3.91. The zero-order valence-corrected chi connectivity index (χ0v) is 11.6. The van der Waals surface area contributed by atoms with Gasteiger partial charge in [0.15, 0.2) is 0 Å². The maximum Gasteiger partial charge on any atom is 0.249 e. The van der Waals surface area contributed by atoms with Crippen LogP contribution in [-0.4, -0.2) is 43.9 Å². The molecule has 1 saturated heterocycles. The Labute approximate surface area is 115 Å². The second kappa shape index (κ2) is 7.82. The fourth-order valence-electron chi connectivity index (χ4n) is 2.69. The lowest BCUT2D eigenvalue weighted by molar-refractivity contribution is -0.130. The Morgan fingerprint density at radius 3 is 2.74 bits per heavy atom. The van der Waals surface area contributed by atoms with Gasteiger partial charge in [-0.25, -0.2) is 0 Å². The quantitative estimate of drug-likeness (QED) is 0.705. The van der Waals surface area contributed by atoms with Gasteiger partial charge in [0, 0.05) is 25.8 Å². The summed E-state index contributed by atoms with van der Waals surface area (Å²) in [7, 11) is 0. The van der Waals surface area contributed by atoms with E-state index in [2.05, 4.69) is 5.32 Å². The van der Waals surface area contributed by atoms with E-state index in [0.29, 0.717) is 31.9 Å². The number of nitrogens with two attached hydrogens (primary N) is 1. The summed E-state index contributed by atoms with van der Waals surface area (Å²) in [6, 6.07) is 0.366. The monoisotopic (exact) mass is 270 g/mol. The maximum atomic E-state index is 11.7. The predicted molar refractivity (Wildman–Crippen MR) is 72.8 cm³/mol. The van der Waals surface area contributed by atoms with Crippen LogP contribution in [0.5, 0.6) is 0 Å². The molecule has 2 fully saturated rings. The van der Waals surface area contributed by atoms with E-state index >= 15 is 0 Å². The summed E-state index contributed by atoms with van der Waals surface area (Å²) in [4.78, 5) is 11.7. The summed E-state index contributed by atoms with van der Waals surface area (Å²) >= 11 is 0. The van der Waals surface area contributed by atoms with E-state index in [-0.39, 0.29) is 12.0 Å². The topological polar surface area (TPSA) is 73.6 Å². The molecule has 0 spiro atoms. The first-order valence-corrected chi connectivity index (χ1v) is 7.52. The summed E-state index contributed by atoms with van der Waals surface area (Å²) in [5.74, 6) is 0.0288. The average molecular weight is 270 g/mol. The molecule has 1 saturated carbocycles. The summed E-state index contributed by atoms with van der Waals surface area (Å²) in [6.45, 7) is 2.10. The van der Waals surface area contributed by atoms with Crippen molar-refractivity contribution in [3.05, 3.63) is 0 Å². The fraction of sp³-hybridized carbons (Fsp3) is 0.929. The highest BCUT2D eigenvalue weighted by Gasteiger charge is 2.23. The van der Waals surface area contributed by atoms with Gasteiger partial charge >= 0.3 is 0 Å². The van der Waals surface area contributed by atoms with Crippen molar-refractivity contribution in [2.24, 2.45) is 5.73 Å². The normalized spacial score (nSPS) is 31.3. The van der Waals surface area contributed by atoms with Gasteiger partial charge in [0.05, 0.1) is 6.10 Å². The number of hydrogen-bond acceptors (Lipinski definition) is 4. The molecule has 3 N–H and O–H groups in total. The van der Waals surface area contributed by atoms with E-state index in [1.54, 1.807) is 0 Å². The Morgan fingerprint density at radius 1 is 1.26 bits per heavy atom. The molecule has 1 unspecified atom stereocenters. The third-order valence-corrected chi connectivity index (χ3v) is 3.91. The summed E-state index contributed by atoms with van der Waals surface area (Å²) in [5.41, 5.74) is 5.85. The van der Waals surface area contributed by atoms with Crippen LogP contribution >= 0.6 is 0 Å². The van der Waals surface area contributed by atoms with Crippen LogP contribution in [0.2, 0.25) is 0 Å². The molecule has 1 amide bonds. The highest BCUT2D eigenvalue weighted by molar-refractivity contribution is 5.80. The summed E-state index contributed by atoms with van der Waals surface area (Å²) in [5, 5.41) is 2.91. The minimum Gasteiger partial charge on any atom is -0.378 e. The first-order valence-electron chi connectivity index (χ1n) is 7.52. The van der Waals surface area contributed by atoms with Gasteiger partial charge in [-0.3, -0.25) is 4.79 Å². The van der Waals surface area contributed by atoms with Crippen LogP contribution < -0.4 is 11.1 Å². The summed E-state index contributed by atoms with van der Waals surface area (Å²) in [6.07, 6.45) is 7.14. The zero-order chi connectivity index (χ0) is 13.5. The van der Waals surface area contributed by atoms with Crippen molar-refractivity contribution in [1.29, 1.82) is 0 Å². The lowest BCUT2D eigenvalue weighted by atomic mass is 9.94. The molecule has 2 rings (SSSR count). The van der Waals surface area contributed by atoms with Gasteiger partial charge in [0.25, 0.3) is 0 Å². The highest BCUT2D eigenvalue weighted by atomic mass is 16.5. The fourth-order valence-corrected chi connectivity index (χ4v) is 2.69. The number of amides is 1. The van der Waals surface area contributed by atoms with Crippen LogP contribution in [0, 0.1) is 0 Å². The Morgan fingerprint density at radius 2 is 2.05 bits per heavy atom. The number of nitrogens with one attached hydrogen (secondary N) is 1. The van der Waals surface area contributed by atoms with Crippen molar-refractivity contribution in [2.45, 2.75) is 63.2 Å².